The fraction of sp³-hybridized carbons (Fsp3) is 0.417. The van der Waals surface area contributed by atoms with Crippen LogP contribution in [0.25, 0.3) is 0 Å². The topological polar surface area (TPSA) is 114 Å². The largest absolute Gasteiger partial charge is 0.396 e. The number of nitriles is 2. The average Bonchev–Trinajstić information content (AvgIpc) is 2.88. The van der Waals surface area contributed by atoms with Gasteiger partial charge in [-0.1, -0.05) is 12.2 Å². The Bertz CT molecular complexity index is 646. The maximum Gasteiger partial charge on any atom is 0.127 e. The lowest BCUT2D eigenvalue weighted by Crippen LogP contribution is -2.21. The van der Waals surface area contributed by atoms with E-state index in [2.05, 4.69) is 0 Å². The average molecular weight is 275 g/mol. The first-order valence-corrected chi connectivity index (χ1v) is 6.24. The van der Waals surface area contributed by atoms with Crippen LogP contribution in [0, 0.1) is 27.3 Å². The summed E-state index contributed by atoms with van der Waals surface area (Å²) in [5, 5.41) is 18.2. The number of aromatic nitrogens is 1. The summed E-state index contributed by atoms with van der Waals surface area (Å²) in [5.74, 6) is 0.194. The SMILES string of the molecule is N#Cc1c(N)c(C#N)c(=S)n(C[C@H]2CCCO2)c1N. The minimum absolute atomic E-state index is 0.00992. The van der Waals surface area contributed by atoms with Crippen molar-refractivity contribution in [3.63, 3.8) is 0 Å². The third kappa shape index (κ3) is 2.26. The van der Waals surface area contributed by atoms with Crippen LogP contribution < -0.4 is 11.5 Å². The molecule has 7 heteroatoms. The third-order valence-corrected chi connectivity index (χ3v) is 3.60. The van der Waals surface area contributed by atoms with Crippen LogP contribution in [0.15, 0.2) is 0 Å². The number of nitrogens with two attached hydrogens (primary N) is 2. The number of anilines is 2. The van der Waals surface area contributed by atoms with Crippen molar-refractivity contribution >= 4 is 23.7 Å². The van der Waals surface area contributed by atoms with Gasteiger partial charge in [-0.2, -0.15) is 10.5 Å². The maximum absolute atomic E-state index is 9.10. The number of hydrogen-bond acceptors (Lipinski definition) is 6. The second kappa shape index (κ2) is 5.27. The number of nitrogen functional groups attached to an aromatic ring is 2. The van der Waals surface area contributed by atoms with Crippen molar-refractivity contribution in [1.29, 1.82) is 10.5 Å². The summed E-state index contributed by atoms with van der Waals surface area (Å²) in [6.45, 7) is 1.15. The number of pyridine rings is 1. The monoisotopic (exact) mass is 275 g/mol. The second-order valence-electron chi connectivity index (χ2n) is 4.32. The van der Waals surface area contributed by atoms with E-state index in [4.69, 9.17) is 38.9 Å². The molecule has 0 aromatic carbocycles. The lowest BCUT2D eigenvalue weighted by atomic mass is 10.1. The molecule has 2 rings (SSSR count). The van der Waals surface area contributed by atoms with Crippen molar-refractivity contribution in [1.82, 2.24) is 4.57 Å². The Morgan fingerprint density at radius 3 is 2.53 bits per heavy atom. The third-order valence-electron chi connectivity index (χ3n) is 3.18. The van der Waals surface area contributed by atoms with E-state index < -0.39 is 0 Å². The molecule has 2 heterocycles. The van der Waals surface area contributed by atoms with Crippen molar-refractivity contribution in [2.24, 2.45) is 0 Å². The molecule has 0 amide bonds. The van der Waals surface area contributed by atoms with Crippen molar-refractivity contribution in [2.75, 3.05) is 18.1 Å². The van der Waals surface area contributed by atoms with Gasteiger partial charge in [0.2, 0.25) is 0 Å². The van der Waals surface area contributed by atoms with E-state index in [1.807, 2.05) is 12.1 Å². The fourth-order valence-electron chi connectivity index (χ4n) is 2.16. The van der Waals surface area contributed by atoms with Gasteiger partial charge in [-0.15, -0.1) is 0 Å². The van der Waals surface area contributed by atoms with Gasteiger partial charge in [0.05, 0.1) is 18.3 Å². The van der Waals surface area contributed by atoms with Crippen molar-refractivity contribution in [3.05, 3.63) is 15.8 Å². The van der Waals surface area contributed by atoms with E-state index in [1.165, 1.54) is 0 Å². The Hall–Kier alpha value is -2.09. The van der Waals surface area contributed by atoms with Gasteiger partial charge in [-0.3, -0.25) is 0 Å². The molecule has 0 saturated carbocycles. The summed E-state index contributed by atoms with van der Waals surface area (Å²) in [4.78, 5) is 0. The second-order valence-corrected chi connectivity index (χ2v) is 4.71. The van der Waals surface area contributed by atoms with Crippen LogP contribution in [0.2, 0.25) is 0 Å². The Labute approximate surface area is 115 Å². The molecule has 1 atom stereocenters. The molecule has 6 nitrogen and oxygen atoms in total. The highest BCUT2D eigenvalue weighted by Crippen LogP contribution is 2.26. The van der Waals surface area contributed by atoms with Gasteiger partial charge in [-0.25, -0.2) is 0 Å². The van der Waals surface area contributed by atoms with Crippen LogP contribution >= 0.6 is 12.2 Å². The van der Waals surface area contributed by atoms with Gasteiger partial charge in [0, 0.05) is 6.61 Å². The molecule has 0 spiro atoms. The number of nitrogens with zero attached hydrogens (tertiary/aromatic N) is 3. The van der Waals surface area contributed by atoms with E-state index in [0.717, 1.165) is 12.8 Å². The first kappa shape index (κ1) is 13.3. The quantitative estimate of drug-likeness (QED) is 0.786. The Kier molecular flexibility index (Phi) is 3.70. The maximum atomic E-state index is 9.10. The summed E-state index contributed by atoms with van der Waals surface area (Å²) in [7, 11) is 0. The van der Waals surface area contributed by atoms with E-state index in [9.17, 15) is 0 Å². The van der Waals surface area contributed by atoms with Crippen LogP contribution in [0.4, 0.5) is 11.5 Å². The lowest BCUT2D eigenvalue weighted by molar-refractivity contribution is 0.0971. The summed E-state index contributed by atoms with van der Waals surface area (Å²) >= 11 is 5.22. The predicted molar refractivity (Wildman–Crippen MR) is 72.5 cm³/mol. The van der Waals surface area contributed by atoms with Crippen LogP contribution in [0.1, 0.15) is 24.0 Å². The first-order chi connectivity index (χ1) is 9.10. The number of rotatable bonds is 2. The summed E-state index contributed by atoms with van der Waals surface area (Å²) in [6, 6.07) is 3.86. The standard InChI is InChI=1S/C12H13N5OS/c13-4-8-10(15)9(5-14)12(19)17(11(8)16)6-7-2-1-3-18-7/h7H,1-3,6,15-16H2/t7-/m1/s1. The van der Waals surface area contributed by atoms with E-state index in [-0.39, 0.29) is 33.4 Å². The predicted octanol–water partition coefficient (Wildman–Crippen LogP) is 1.30. The number of hydrogen-bond donors (Lipinski definition) is 2. The van der Waals surface area contributed by atoms with Crippen LogP contribution in [-0.2, 0) is 11.3 Å². The van der Waals surface area contributed by atoms with Gasteiger partial charge in [0.25, 0.3) is 0 Å². The molecule has 0 unspecified atom stereocenters. The van der Waals surface area contributed by atoms with E-state index in [1.54, 1.807) is 4.57 Å². The summed E-state index contributed by atoms with van der Waals surface area (Å²) < 4.78 is 7.35. The minimum atomic E-state index is 0.00992. The van der Waals surface area contributed by atoms with Gasteiger partial charge < -0.3 is 20.8 Å². The van der Waals surface area contributed by atoms with E-state index in [0.29, 0.717) is 13.2 Å². The molecule has 1 aliphatic heterocycles. The van der Waals surface area contributed by atoms with Crippen molar-refractivity contribution in [2.45, 2.75) is 25.5 Å². The zero-order valence-electron chi connectivity index (χ0n) is 10.2. The zero-order chi connectivity index (χ0) is 14.0. The summed E-state index contributed by atoms with van der Waals surface area (Å²) in [5.41, 5.74) is 11.9. The molecule has 19 heavy (non-hydrogen) atoms. The van der Waals surface area contributed by atoms with Crippen molar-refractivity contribution < 1.29 is 4.74 Å². The zero-order valence-corrected chi connectivity index (χ0v) is 11.0. The highest BCUT2D eigenvalue weighted by atomic mass is 32.1. The minimum Gasteiger partial charge on any atom is -0.396 e. The Morgan fingerprint density at radius 1 is 1.32 bits per heavy atom. The molecule has 98 valence electrons. The highest BCUT2D eigenvalue weighted by Gasteiger charge is 2.21. The highest BCUT2D eigenvalue weighted by molar-refractivity contribution is 7.71. The molecule has 1 saturated heterocycles. The lowest BCUT2D eigenvalue weighted by Gasteiger charge is -2.18. The number of ether oxygens (including phenoxy) is 1. The molecule has 0 aliphatic carbocycles. The van der Waals surface area contributed by atoms with Gasteiger partial charge >= 0.3 is 0 Å². The molecular formula is C12H13N5OS. The van der Waals surface area contributed by atoms with Gasteiger partial charge in [0.1, 0.15) is 33.7 Å². The van der Waals surface area contributed by atoms with Crippen LogP contribution in [0.5, 0.6) is 0 Å². The molecule has 1 aromatic heterocycles. The molecular weight excluding hydrogens is 262 g/mol. The normalized spacial score (nSPS) is 17.9. The first-order valence-electron chi connectivity index (χ1n) is 5.83. The summed E-state index contributed by atoms with van der Waals surface area (Å²) in [6.07, 6.45) is 1.91. The molecule has 1 aliphatic rings. The molecule has 0 bridgehead atoms. The van der Waals surface area contributed by atoms with Gasteiger partial charge in [-0.05, 0) is 12.8 Å². The van der Waals surface area contributed by atoms with Crippen LogP contribution in [-0.4, -0.2) is 17.3 Å². The molecule has 4 N–H and O–H groups in total. The fourth-order valence-corrected chi connectivity index (χ4v) is 2.48. The Morgan fingerprint density at radius 2 is 2.00 bits per heavy atom. The molecule has 1 fully saturated rings. The van der Waals surface area contributed by atoms with E-state index >= 15 is 0 Å². The van der Waals surface area contributed by atoms with Crippen LogP contribution in [0.3, 0.4) is 0 Å². The van der Waals surface area contributed by atoms with Gasteiger partial charge in [0.15, 0.2) is 0 Å². The molecule has 1 aromatic rings. The Balaban J connectivity index is 2.57. The van der Waals surface area contributed by atoms with Crippen molar-refractivity contribution in [3.8, 4) is 12.1 Å². The smallest absolute Gasteiger partial charge is 0.127 e. The molecule has 0 radical (unpaired) electrons.